The number of hydrogen-bond donors (Lipinski definition) is 3. The first-order chi connectivity index (χ1) is 11.4. The molecular formula is C16H28N4O3S. The lowest BCUT2D eigenvalue weighted by Gasteiger charge is -2.13. The molecule has 24 heavy (non-hydrogen) atoms. The standard InChI is InChI=1S/C16H28N4O3S/c1-5-23-11-10-19-16(17-4)18-8-9-20-24(21,22)15-12-13(2)6-7-14(15)3/h6-7,12,20H,5,8-11H2,1-4H3,(H2,17,18,19). The molecule has 136 valence electrons. The van der Waals surface area contributed by atoms with Gasteiger partial charge >= 0.3 is 0 Å². The quantitative estimate of drug-likeness (QED) is 0.346. The van der Waals surface area contributed by atoms with Gasteiger partial charge in [0, 0.05) is 33.3 Å². The van der Waals surface area contributed by atoms with Crippen LogP contribution in [0.3, 0.4) is 0 Å². The van der Waals surface area contributed by atoms with Crippen LogP contribution in [0.1, 0.15) is 18.1 Å². The summed E-state index contributed by atoms with van der Waals surface area (Å²) < 4.78 is 32.6. The van der Waals surface area contributed by atoms with Crippen LogP contribution >= 0.6 is 0 Å². The van der Waals surface area contributed by atoms with Crippen LogP contribution < -0.4 is 15.4 Å². The van der Waals surface area contributed by atoms with Crippen molar-refractivity contribution in [2.24, 2.45) is 4.99 Å². The topological polar surface area (TPSA) is 91.8 Å². The smallest absolute Gasteiger partial charge is 0.240 e. The van der Waals surface area contributed by atoms with Crippen LogP contribution in [-0.4, -0.2) is 54.3 Å². The Hall–Kier alpha value is -1.64. The second-order valence-corrected chi connectivity index (χ2v) is 7.02. The molecule has 0 spiro atoms. The monoisotopic (exact) mass is 356 g/mol. The van der Waals surface area contributed by atoms with Crippen LogP contribution in [0, 0.1) is 13.8 Å². The van der Waals surface area contributed by atoms with Gasteiger partial charge in [0.15, 0.2) is 5.96 Å². The summed E-state index contributed by atoms with van der Waals surface area (Å²) in [6, 6.07) is 5.39. The highest BCUT2D eigenvalue weighted by molar-refractivity contribution is 7.89. The highest BCUT2D eigenvalue weighted by Crippen LogP contribution is 2.16. The average Bonchev–Trinajstić information content (AvgIpc) is 2.55. The summed E-state index contributed by atoms with van der Waals surface area (Å²) in [6.07, 6.45) is 0. The van der Waals surface area contributed by atoms with E-state index in [0.717, 1.165) is 11.1 Å². The lowest BCUT2D eigenvalue weighted by Crippen LogP contribution is -2.42. The number of nitrogens with one attached hydrogen (secondary N) is 3. The first kappa shape index (κ1) is 20.4. The number of guanidine groups is 1. The van der Waals surface area contributed by atoms with Crippen LogP contribution in [0.25, 0.3) is 0 Å². The molecular weight excluding hydrogens is 328 g/mol. The molecule has 7 nitrogen and oxygen atoms in total. The van der Waals surface area contributed by atoms with Gasteiger partial charge < -0.3 is 15.4 Å². The number of rotatable bonds is 9. The Kier molecular flexibility index (Phi) is 8.73. The number of benzene rings is 1. The molecule has 0 amide bonds. The molecule has 0 atom stereocenters. The van der Waals surface area contributed by atoms with Crippen LogP contribution in [-0.2, 0) is 14.8 Å². The largest absolute Gasteiger partial charge is 0.380 e. The van der Waals surface area contributed by atoms with Gasteiger partial charge in [-0.2, -0.15) is 0 Å². The zero-order chi connectivity index (χ0) is 18.0. The Bertz CT molecular complexity index is 645. The zero-order valence-corrected chi connectivity index (χ0v) is 15.7. The SMILES string of the molecule is CCOCCNC(=NC)NCCNS(=O)(=O)c1cc(C)ccc1C. The third kappa shape index (κ3) is 6.86. The molecule has 1 aromatic carbocycles. The van der Waals surface area contributed by atoms with E-state index in [1.54, 1.807) is 20.0 Å². The summed E-state index contributed by atoms with van der Waals surface area (Å²) in [6.45, 7) is 8.20. The van der Waals surface area contributed by atoms with E-state index in [-0.39, 0.29) is 6.54 Å². The van der Waals surface area contributed by atoms with E-state index in [0.29, 0.717) is 37.2 Å². The maximum Gasteiger partial charge on any atom is 0.240 e. The molecule has 0 bridgehead atoms. The second kappa shape index (κ2) is 10.3. The van der Waals surface area contributed by atoms with Crippen LogP contribution in [0.4, 0.5) is 0 Å². The Labute approximate surface area is 145 Å². The predicted molar refractivity (Wildman–Crippen MR) is 97.0 cm³/mol. The van der Waals surface area contributed by atoms with E-state index in [9.17, 15) is 8.42 Å². The number of aliphatic imine (C=N–C) groups is 1. The molecule has 0 unspecified atom stereocenters. The number of sulfonamides is 1. The fourth-order valence-corrected chi connectivity index (χ4v) is 3.41. The third-order valence-electron chi connectivity index (χ3n) is 3.31. The molecule has 0 fully saturated rings. The minimum absolute atomic E-state index is 0.266. The van der Waals surface area contributed by atoms with Gasteiger partial charge in [-0.15, -0.1) is 0 Å². The molecule has 0 aliphatic heterocycles. The fourth-order valence-electron chi connectivity index (χ4n) is 2.05. The molecule has 1 rings (SSSR count). The van der Waals surface area contributed by atoms with E-state index < -0.39 is 10.0 Å². The van der Waals surface area contributed by atoms with Crippen molar-refractivity contribution in [2.75, 3.05) is 39.9 Å². The fraction of sp³-hybridized carbons (Fsp3) is 0.562. The van der Waals surface area contributed by atoms with Crippen molar-refractivity contribution < 1.29 is 13.2 Å². The van der Waals surface area contributed by atoms with E-state index in [1.165, 1.54) is 0 Å². The van der Waals surface area contributed by atoms with E-state index in [4.69, 9.17) is 4.74 Å². The maximum atomic E-state index is 12.4. The second-order valence-electron chi connectivity index (χ2n) is 5.29. The van der Waals surface area contributed by atoms with E-state index in [2.05, 4.69) is 20.3 Å². The first-order valence-electron chi connectivity index (χ1n) is 8.00. The summed E-state index contributed by atoms with van der Waals surface area (Å²) >= 11 is 0. The van der Waals surface area contributed by atoms with Crippen molar-refractivity contribution in [3.8, 4) is 0 Å². The summed E-state index contributed by atoms with van der Waals surface area (Å²) in [5, 5.41) is 6.14. The van der Waals surface area contributed by atoms with Crippen LogP contribution in [0.2, 0.25) is 0 Å². The number of ether oxygens (including phenoxy) is 1. The zero-order valence-electron chi connectivity index (χ0n) is 14.8. The minimum atomic E-state index is -3.51. The summed E-state index contributed by atoms with van der Waals surface area (Å²) in [5.74, 6) is 0.612. The maximum absolute atomic E-state index is 12.4. The lowest BCUT2D eigenvalue weighted by atomic mass is 10.2. The highest BCUT2D eigenvalue weighted by atomic mass is 32.2. The molecule has 1 aromatic rings. The van der Waals surface area contributed by atoms with Crippen LogP contribution in [0.15, 0.2) is 28.1 Å². The Morgan fingerprint density at radius 3 is 2.54 bits per heavy atom. The van der Waals surface area contributed by atoms with Gasteiger partial charge in [0.2, 0.25) is 10.0 Å². The third-order valence-corrected chi connectivity index (χ3v) is 4.91. The molecule has 0 aromatic heterocycles. The predicted octanol–water partition coefficient (Wildman–Crippen LogP) is 0.783. The number of aryl methyl sites for hydroxylation is 2. The molecule has 8 heteroatoms. The molecule has 0 aliphatic carbocycles. The summed E-state index contributed by atoms with van der Waals surface area (Å²) in [7, 11) is -1.85. The Morgan fingerprint density at radius 1 is 1.17 bits per heavy atom. The van der Waals surface area contributed by atoms with Crippen LogP contribution in [0.5, 0.6) is 0 Å². The van der Waals surface area contributed by atoms with Gasteiger partial charge in [-0.1, -0.05) is 12.1 Å². The molecule has 0 radical (unpaired) electrons. The van der Waals surface area contributed by atoms with Gasteiger partial charge in [-0.3, -0.25) is 4.99 Å². The average molecular weight is 356 g/mol. The highest BCUT2D eigenvalue weighted by Gasteiger charge is 2.16. The minimum Gasteiger partial charge on any atom is -0.380 e. The van der Waals surface area contributed by atoms with Crippen molar-refractivity contribution >= 4 is 16.0 Å². The molecule has 0 saturated carbocycles. The number of hydrogen-bond acceptors (Lipinski definition) is 4. The van der Waals surface area contributed by atoms with Gasteiger partial charge in [-0.25, -0.2) is 13.1 Å². The van der Waals surface area contributed by atoms with Gasteiger partial charge in [0.1, 0.15) is 0 Å². The normalized spacial score (nSPS) is 12.2. The van der Waals surface area contributed by atoms with Crippen molar-refractivity contribution in [1.82, 2.24) is 15.4 Å². The molecule has 0 saturated heterocycles. The van der Waals surface area contributed by atoms with Gasteiger partial charge in [0.05, 0.1) is 11.5 Å². The van der Waals surface area contributed by atoms with Crippen molar-refractivity contribution in [2.45, 2.75) is 25.7 Å². The Morgan fingerprint density at radius 2 is 1.88 bits per heavy atom. The van der Waals surface area contributed by atoms with Crippen molar-refractivity contribution in [1.29, 1.82) is 0 Å². The van der Waals surface area contributed by atoms with E-state index >= 15 is 0 Å². The lowest BCUT2D eigenvalue weighted by molar-refractivity contribution is 0.152. The van der Waals surface area contributed by atoms with Crippen molar-refractivity contribution in [3.63, 3.8) is 0 Å². The molecule has 0 aliphatic rings. The van der Waals surface area contributed by atoms with Gasteiger partial charge in [-0.05, 0) is 38.0 Å². The Balaban J connectivity index is 2.44. The molecule has 0 heterocycles. The van der Waals surface area contributed by atoms with E-state index in [1.807, 2.05) is 26.0 Å². The van der Waals surface area contributed by atoms with Crippen molar-refractivity contribution in [3.05, 3.63) is 29.3 Å². The first-order valence-corrected chi connectivity index (χ1v) is 9.48. The van der Waals surface area contributed by atoms with Gasteiger partial charge in [0.25, 0.3) is 0 Å². The summed E-state index contributed by atoms with van der Waals surface area (Å²) in [5.41, 5.74) is 1.65. The summed E-state index contributed by atoms with van der Waals surface area (Å²) in [4.78, 5) is 4.39. The molecule has 3 N–H and O–H groups in total. The number of nitrogens with zero attached hydrogens (tertiary/aromatic N) is 1.